The van der Waals surface area contributed by atoms with Gasteiger partial charge in [-0.3, -0.25) is 4.21 Å². The lowest BCUT2D eigenvalue weighted by molar-refractivity contribution is 0.679. The van der Waals surface area contributed by atoms with Crippen molar-refractivity contribution in [1.29, 1.82) is 0 Å². The van der Waals surface area contributed by atoms with Gasteiger partial charge in [-0.2, -0.15) is 0 Å². The van der Waals surface area contributed by atoms with Crippen LogP contribution in [-0.2, 0) is 10.8 Å². The smallest absolute Gasteiger partial charge is 0.134 e. The van der Waals surface area contributed by atoms with Crippen LogP contribution >= 0.6 is 23.2 Å². The van der Waals surface area contributed by atoms with Crippen molar-refractivity contribution in [1.82, 2.24) is 0 Å². The summed E-state index contributed by atoms with van der Waals surface area (Å²) in [5.74, 6) is 0. The molecule has 0 aliphatic carbocycles. The maximum Gasteiger partial charge on any atom is 0.134 e. The lowest BCUT2D eigenvalue weighted by atomic mass is 10.2. The van der Waals surface area contributed by atoms with E-state index in [0.29, 0.717) is 4.90 Å². The summed E-state index contributed by atoms with van der Waals surface area (Å²) in [5.41, 5.74) is 0.878. The summed E-state index contributed by atoms with van der Waals surface area (Å²) < 4.78 is 11.6. The van der Waals surface area contributed by atoms with Crippen LogP contribution in [-0.4, -0.2) is 8.92 Å². The van der Waals surface area contributed by atoms with Crippen molar-refractivity contribution < 1.29 is 4.21 Å². The second-order valence-electron chi connectivity index (χ2n) is 3.77. The van der Waals surface area contributed by atoms with Crippen LogP contribution in [0.15, 0.2) is 65.6 Å². The first kappa shape index (κ1) is 13.6. The largest absolute Gasteiger partial charge is 0.253 e. The molecule has 18 heavy (non-hydrogen) atoms. The minimum Gasteiger partial charge on any atom is -0.253 e. The molecule has 0 N–H and O–H groups in total. The highest BCUT2D eigenvalue weighted by molar-refractivity contribution is 7.87. The molecular formula is C14H12Cl2OS. The van der Waals surface area contributed by atoms with Gasteiger partial charge in [-0.1, -0.05) is 48.5 Å². The van der Waals surface area contributed by atoms with E-state index in [1.165, 1.54) is 0 Å². The second kappa shape index (κ2) is 6.37. The predicted molar refractivity (Wildman–Crippen MR) is 77.5 cm³/mol. The monoisotopic (exact) mass is 298 g/mol. The molecule has 0 saturated heterocycles. The van der Waals surface area contributed by atoms with E-state index in [0.717, 1.165) is 5.56 Å². The Labute approximate surface area is 119 Å². The van der Waals surface area contributed by atoms with Gasteiger partial charge >= 0.3 is 0 Å². The summed E-state index contributed by atoms with van der Waals surface area (Å²) in [4.78, 5) is 0.694. The molecule has 2 rings (SSSR count). The van der Waals surface area contributed by atoms with E-state index < -0.39 is 20.9 Å². The fourth-order valence-corrected chi connectivity index (χ4v) is 3.52. The molecule has 0 fully saturated rings. The standard InChI is InChI=1S/C14H12Cl2OS/c15-13(11-7-3-1-4-8-11)14(16)18(17)12-9-5-2-6-10-12/h1-10,13-14H/t13-,14+,18?/m1/s1. The molecule has 0 saturated carbocycles. The maximum atomic E-state index is 12.3. The Kier molecular flexibility index (Phi) is 4.81. The molecule has 3 atom stereocenters. The van der Waals surface area contributed by atoms with E-state index in [1.807, 2.05) is 48.5 Å². The lowest BCUT2D eigenvalue weighted by Crippen LogP contribution is -2.14. The van der Waals surface area contributed by atoms with Gasteiger partial charge in [-0.05, 0) is 17.7 Å². The molecule has 0 spiro atoms. The molecule has 0 aromatic heterocycles. The van der Waals surface area contributed by atoms with Gasteiger partial charge in [0, 0.05) is 4.90 Å². The first-order valence-electron chi connectivity index (χ1n) is 5.49. The number of rotatable bonds is 4. The topological polar surface area (TPSA) is 17.1 Å². The zero-order valence-corrected chi connectivity index (χ0v) is 11.8. The van der Waals surface area contributed by atoms with Crippen LogP contribution in [0.25, 0.3) is 0 Å². The summed E-state index contributed by atoms with van der Waals surface area (Å²) in [6.45, 7) is 0. The first-order chi connectivity index (χ1) is 8.70. The highest BCUT2D eigenvalue weighted by atomic mass is 35.5. The molecule has 2 aromatic rings. The Morgan fingerprint density at radius 3 is 1.89 bits per heavy atom. The molecule has 0 aliphatic rings. The van der Waals surface area contributed by atoms with E-state index in [9.17, 15) is 4.21 Å². The van der Waals surface area contributed by atoms with E-state index in [2.05, 4.69) is 0 Å². The molecular weight excluding hydrogens is 287 g/mol. The lowest BCUT2D eigenvalue weighted by Gasteiger charge is -2.16. The highest BCUT2D eigenvalue weighted by Gasteiger charge is 2.25. The Morgan fingerprint density at radius 2 is 1.33 bits per heavy atom. The minimum atomic E-state index is -1.33. The average molecular weight is 299 g/mol. The summed E-state index contributed by atoms with van der Waals surface area (Å²) in [6.07, 6.45) is 0. The molecule has 0 heterocycles. The molecule has 1 unspecified atom stereocenters. The fourth-order valence-electron chi connectivity index (χ4n) is 1.58. The Hall–Kier alpha value is -0.830. The van der Waals surface area contributed by atoms with Gasteiger partial charge in [0.2, 0.25) is 0 Å². The number of hydrogen-bond donors (Lipinski definition) is 0. The van der Waals surface area contributed by atoms with Crippen LogP contribution in [0.3, 0.4) is 0 Å². The van der Waals surface area contributed by atoms with E-state index in [1.54, 1.807) is 12.1 Å². The second-order valence-corrected chi connectivity index (χ2v) is 6.55. The zero-order chi connectivity index (χ0) is 13.0. The van der Waals surface area contributed by atoms with Crippen LogP contribution in [0.5, 0.6) is 0 Å². The van der Waals surface area contributed by atoms with Gasteiger partial charge < -0.3 is 0 Å². The van der Waals surface area contributed by atoms with Gasteiger partial charge in [0.25, 0.3) is 0 Å². The Balaban J connectivity index is 2.17. The number of hydrogen-bond acceptors (Lipinski definition) is 1. The van der Waals surface area contributed by atoms with Crippen molar-refractivity contribution in [3.63, 3.8) is 0 Å². The van der Waals surface area contributed by atoms with Crippen LogP contribution < -0.4 is 0 Å². The molecule has 1 nitrogen and oxygen atoms in total. The molecule has 4 heteroatoms. The molecule has 0 radical (unpaired) electrons. The third-order valence-corrected chi connectivity index (χ3v) is 5.47. The van der Waals surface area contributed by atoms with Crippen LogP contribution in [0.2, 0.25) is 0 Å². The number of alkyl halides is 2. The van der Waals surface area contributed by atoms with E-state index >= 15 is 0 Å². The van der Waals surface area contributed by atoms with Gasteiger partial charge in [0.15, 0.2) is 0 Å². The summed E-state index contributed by atoms with van der Waals surface area (Å²) in [5, 5.41) is -0.478. The third kappa shape index (κ3) is 3.14. The van der Waals surface area contributed by atoms with Crippen molar-refractivity contribution in [3.05, 3.63) is 66.2 Å². The van der Waals surface area contributed by atoms with Gasteiger partial charge in [0.05, 0.1) is 16.2 Å². The van der Waals surface area contributed by atoms with Crippen molar-refractivity contribution in [2.24, 2.45) is 0 Å². The van der Waals surface area contributed by atoms with Crippen molar-refractivity contribution in [2.45, 2.75) is 15.0 Å². The normalized spacial score (nSPS) is 15.9. The molecule has 2 aromatic carbocycles. The highest BCUT2D eigenvalue weighted by Crippen LogP contribution is 2.32. The van der Waals surface area contributed by atoms with E-state index in [-0.39, 0.29) is 0 Å². The van der Waals surface area contributed by atoms with Crippen LogP contribution in [0.1, 0.15) is 10.9 Å². The minimum absolute atomic E-state index is 0.478. The predicted octanol–water partition coefficient (Wildman–Crippen LogP) is 4.34. The van der Waals surface area contributed by atoms with Crippen molar-refractivity contribution in [3.8, 4) is 0 Å². The average Bonchev–Trinajstić information content (AvgIpc) is 2.47. The van der Waals surface area contributed by atoms with Crippen LogP contribution in [0, 0.1) is 0 Å². The van der Waals surface area contributed by atoms with Gasteiger partial charge in [-0.25, -0.2) is 0 Å². The number of halogens is 2. The quantitative estimate of drug-likeness (QED) is 0.768. The molecule has 0 bridgehead atoms. The SMILES string of the molecule is O=S(c1ccccc1)[C@H](Cl)[C@H](Cl)c1ccccc1. The summed E-state index contributed by atoms with van der Waals surface area (Å²) >= 11 is 12.5. The molecule has 94 valence electrons. The molecule has 0 aliphatic heterocycles. The first-order valence-corrected chi connectivity index (χ1v) is 7.57. The molecule has 0 amide bonds. The zero-order valence-electron chi connectivity index (χ0n) is 9.50. The fraction of sp³-hybridized carbons (Fsp3) is 0.143. The Morgan fingerprint density at radius 1 is 0.833 bits per heavy atom. The summed E-state index contributed by atoms with van der Waals surface area (Å²) in [7, 11) is -1.33. The van der Waals surface area contributed by atoms with Gasteiger partial charge in [0.1, 0.15) is 4.71 Å². The third-order valence-electron chi connectivity index (χ3n) is 2.53. The van der Waals surface area contributed by atoms with Crippen LogP contribution in [0.4, 0.5) is 0 Å². The van der Waals surface area contributed by atoms with Crippen molar-refractivity contribution >= 4 is 34.0 Å². The maximum absolute atomic E-state index is 12.3. The van der Waals surface area contributed by atoms with E-state index in [4.69, 9.17) is 23.2 Å². The number of benzene rings is 2. The van der Waals surface area contributed by atoms with Gasteiger partial charge in [-0.15, -0.1) is 23.2 Å². The Bertz CT molecular complexity index is 516. The summed E-state index contributed by atoms with van der Waals surface area (Å²) in [6, 6.07) is 18.6. The van der Waals surface area contributed by atoms with Crippen molar-refractivity contribution in [2.75, 3.05) is 0 Å².